The minimum Gasteiger partial charge on any atom is -0.332 e. The molecule has 0 fully saturated rings. The molecule has 0 aliphatic carbocycles. The van der Waals surface area contributed by atoms with E-state index in [1.807, 2.05) is 60.7 Å². The van der Waals surface area contributed by atoms with Gasteiger partial charge in [-0.3, -0.25) is 9.59 Å². The Morgan fingerprint density at radius 2 is 1.30 bits per heavy atom. The van der Waals surface area contributed by atoms with Gasteiger partial charge < -0.3 is 4.90 Å². The van der Waals surface area contributed by atoms with Crippen molar-refractivity contribution in [2.24, 2.45) is 0 Å². The predicted octanol–water partition coefficient (Wildman–Crippen LogP) is 3.80. The van der Waals surface area contributed by atoms with Crippen LogP contribution in [0.2, 0.25) is 0 Å². The number of hydrogen-bond donors (Lipinski definition) is 0. The molecule has 2 rings (SSSR count). The summed E-state index contributed by atoms with van der Waals surface area (Å²) in [7, 11) is 0. The molecule has 1 unspecified atom stereocenters. The maximum Gasteiger partial charge on any atom is 0.251 e. The van der Waals surface area contributed by atoms with E-state index in [2.05, 4.69) is 0 Å². The highest BCUT2D eigenvalue weighted by atomic mass is 35.5. The van der Waals surface area contributed by atoms with E-state index in [0.29, 0.717) is 13.1 Å². The second kappa shape index (κ2) is 7.42. The van der Waals surface area contributed by atoms with Gasteiger partial charge in [0, 0.05) is 13.1 Å². The minimum atomic E-state index is -1.54. The van der Waals surface area contributed by atoms with Crippen molar-refractivity contribution in [3.05, 3.63) is 71.8 Å². The lowest BCUT2D eigenvalue weighted by atomic mass is 10.0. The Bertz CT molecular complexity index is 627. The lowest BCUT2D eigenvalue weighted by molar-refractivity contribution is -0.139. The third-order valence-electron chi connectivity index (χ3n) is 3.78. The zero-order valence-corrected chi connectivity index (χ0v) is 14.1. The van der Waals surface area contributed by atoms with Crippen LogP contribution in [0, 0.1) is 0 Å². The average molecular weight is 330 g/mol. The van der Waals surface area contributed by atoms with Gasteiger partial charge in [0.25, 0.3) is 5.91 Å². The van der Waals surface area contributed by atoms with Gasteiger partial charge in [-0.15, -0.1) is 11.6 Å². The SMILES string of the molecule is CC(=O)C(C)(Cl)C(=O)N(Cc1ccccc1)Cc1ccccc1. The van der Waals surface area contributed by atoms with Crippen molar-refractivity contribution in [2.75, 3.05) is 0 Å². The van der Waals surface area contributed by atoms with Crippen LogP contribution in [-0.4, -0.2) is 21.5 Å². The highest BCUT2D eigenvalue weighted by Crippen LogP contribution is 2.22. The van der Waals surface area contributed by atoms with Crippen LogP contribution in [-0.2, 0) is 22.7 Å². The van der Waals surface area contributed by atoms with Gasteiger partial charge in [0.05, 0.1) is 0 Å². The molecule has 0 radical (unpaired) electrons. The van der Waals surface area contributed by atoms with Gasteiger partial charge in [0.1, 0.15) is 0 Å². The number of Topliss-reactive ketones (excluding diaryl/α,β-unsaturated/α-hetero) is 1. The van der Waals surface area contributed by atoms with Gasteiger partial charge in [-0.1, -0.05) is 60.7 Å². The molecule has 0 heterocycles. The number of amides is 1. The summed E-state index contributed by atoms with van der Waals surface area (Å²) >= 11 is 6.21. The minimum absolute atomic E-state index is 0.352. The molecule has 2 aromatic rings. The zero-order chi connectivity index (χ0) is 16.9. The van der Waals surface area contributed by atoms with Crippen LogP contribution in [0.15, 0.2) is 60.7 Å². The van der Waals surface area contributed by atoms with E-state index in [9.17, 15) is 9.59 Å². The van der Waals surface area contributed by atoms with E-state index in [-0.39, 0.29) is 11.7 Å². The van der Waals surface area contributed by atoms with Crippen molar-refractivity contribution in [2.45, 2.75) is 31.8 Å². The number of halogens is 1. The van der Waals surface area contributed by atoms with E-state index in [0.717, 1.165) is 11.1 Å². The normalized spacial score (nSPS) is 13.2. The number of carbonyl (C=O) groups excluding carboxylic acids is 2. The Morgan fingerprint density at radius 1 is 0.913 bits per heavy atom. The van der Waals surface area contributed by atoms with Crippen molar-refractivity contribution in [1.82, 2.24) is 4.90 Å². The highest BCUT2D eigenvalue weighted by molar-refractivity contribution is 6.45. The first-order chi connectivity index (χ1) is 10.9. The smallest absolute Gasteiger partial charge is 0.251 e. The Hall–Kier alpha value is -2.13. The van der Waals surface area contributed by atoms with Crippen molar-refractivity contribution in [1.29, 1.82) is 0 Å². The predicted molar refractivity (Wildman–Crippen MR) is 92.1 cm³/mol. The highest BCUT2D eigenvalue weighted by Gasteiger charge is 2.39. The van der Waals surface area contributed by atoms with Gasteiger partial charge in [-0.2, -0.15) is 0 Å². The van der Waals surface area contributed by atoms with Gasteiger partial charge in [0.2, 0.25) is 0 Å². The largest absolute Gasteiger partial charge is 0.332 e. The number of alkyl halides is 1. The number of ketones is 1. The molecule has 0 saturated heterocycles. The lowest BCUT2D eigenvalue weighted by Gasteiger charge is -2.29. The lowest BCUT2D eigenvalue weighted by Crippen LogP contribution is -2.47. The van der Waals surface area contributed by atoms with Crippen LogP contribution in [0.3, 0.4) is 0 Å². The second-order valence-electron chi connectivity index (χ2n) is 5.69. The Labute approximate surface area is 141 Å². The molecule has 0 aliphatic heterocycles. The Morgan fingerprint density at radius 3 is 1.65 bits per heavy atom. The molecule has 4 heteroatoms. The second-order valence-corrected chi connectivity index (χ2v) is 6.45. The first kappa shape index (κ1) is 17.2. The monoisotopic (exact) mass is 329 g/mol. The maximum absolute atomic E-state index is 12.8. The first-order valence-corrected chi connectivity index (χ1v) is 7.86. The van der Waals surface area contributed by atoms with Crippen LogP contribution in [0.5, 0.6) is 0 Å². The number of rotatable bonds is 6. The van der Waals surface area contributed by atoms with E-state index >= 15 is 0 Å². The molecule has 2 aromatic carbocycles. The van der Waals surface area contributed by atoms with Crippen LogP contribution in [0.25, 0.3) is 0 Å². The first-order valence-electron chi connectivity index (χ1n) is 7.48. The molecular formula is C19H20ClNO2. The number of nitrogens with zero attached hydrogens (tertiary/aromatic N) is 1. The molecule has 0 bridgehead atoms. The van der Waals surface area contributed by atoms with E-state index in [1.165, 1.54) is 13.8 Å². The third kappa shape index (κ3) is 4.42. The fraction of sp³-hybridized carbons (Fsp3) is 0.263. The summed E-state index contributed by atoms with van der Waals surface area (Å²) in [5.74, 6) is -0.727. The van der Waals surface area contributed by atoms with Crippen molar-refractivity contribution in [3.63, 3.8) is 0 Å². The fourth-order valence-electron chi connectivity index (χ4n) is 2.25. The van der Waals surface area contributed by atoms with Crippen LogP contribution in [0.1, 0.15) is 25.0 Å². The maximum atomic E-state index is 12.8. The van der Waals surface area contributed by atoms with Gasteiger partial charge in [-0.25, -0.2) is 0 Å². The van der Waals surface area contributed by atoms with Gasteiger partial charge in [0.15, 0.2) is 10.7 Å². The zero-order valence-electron chi connectivity index (χ0n) is 13.3. The summed E-state index contributed by atoms with van der Waals surface area (Å²) in [6, 6.07) is 19.3. The van der Waals surface area contributed by atoms with Crippen LogP contribution >= 0.6 is 11.6 Å². The van der Waals surface area contributed by atoms with E-state index < -0.39 is 4.87 Å². The van der Waals surface area contributed by atoms with Crippen molar-refractivity contribution >= 4 is 23.3 Å². The Kier molecular flexibility index (Phi) is 5.56. The topological polar surface area (TPSA) is 37.4 Å². The number of hydrogen-bond acceptors (Lipinski definition) is 2. The Balaban J connectivity index is 2.27. The molecule has 0 N–H and O–H groups in total. The van der Waals surface area contributed by atoms with Crippen molar-refractivity contribution in [3.8, 4) is 0 Å². The molecule has 3 nitrogen and oxygen atoms in total. The average Bonchev–Trinajstić information content (AvgIpc) is 2.55. The molecule has 0 spiro atoms. The molecule has 0 aliphatic rings. The standard InChI is InChI=1S/C19H20ClNO2/c1-15(22)19(2,20)18(23)21(13-16-9-5-3-6-10-16)14-17-11-7-4-8-12-17/h3-12H,13-14H2,1-2H3. The van der Waals surface area contributed by atoms with Gasteiger partial charge in [-0.05, 0) is 25.0 Å². The number of carbonyl (C=O) groups is 2. The molecule has 1 atom stereocenters. The van der Waals surface area contributed by atoms with Crippen LogP contribution < -0.4 is 0 Å². The third-order valence-corrected chi connectivity index (χ3v) is 4.21. The van der Waals surface area contributed by atoms with Crippen molar-refractivity contribution < 1.29 is 9.59 Å². The van der Waals surface area contributed by atoms with Gasteiger partial charge >= 0.3 is 0 Å². The summed E-state index contributed by atoms with van der Waals surface area (Å²) < 4.78 is 0. The molecule has 0 saturated carbocycles. The summed E-state index contributed by atoms with van der Waals surface area (Å²) in [4.78, 5) is 24.6. The summed E-state index contributed by atoms with van der Waals surface area (Å²) in [5.41, 5.74) is 1.99. The number of benzene rings is 2. The summed E-state index contributed by atoms with van der Waals surface area (Å²) in [6.07, 6.45) is 0. The quantitative estimate of drug-likeness (QED) is 0.597. The molecular weight excluding hydrogens is 310 g/mol. The molecule has 1 amide bonds. The summed E-state index contributed by atoms with van der Waals surface area (Å²) in [6.45, 7) is 3.62. The van der Waals surface area contributed by atoms with Crippen LogP contribution in [0.4, 0.5) is 0 Å². The molecule has 120 valence electrons. The molecule has 0 aromatic heterocycles. The van der Waals surface area contributed by atoms with E-state index in [1.54, 1.807) is 4.90 Å². The van der Waals surface area contributed by atoms with E-state index in [4.69, 9.17) is 11.6 Å². The molecule has 23 heavy (non-hydrogen) atoms. The fourth-order valence-corrected chi connectivity index (χ4v) is 2.37. The summed E-state index contributed by atoms with van der Waals surface area (Å²) in [5, 5.41) is 0.